The number of hydrogen-bond donors (Lipinski definition) is 2. The molecule has 0 saturated carbocycles. The molecule has 0 bridgehead atoms. The van der Waals surface area contributed by atoms with Gasteiger partial charge in [0.25, 0.3) is 0 Å². The largest absolute Gasteiger partial charge is 0.325 e. The number of carbonyl (C=O) groups excluding carboxylic acids is 2. The summed E-state index contributed by atoms with van der Waals surface area (Å²) in [5.74, 6) is 0.670. The molecule has 0 heterocycles. The molecule has 2 aromatic rings. The Balaban J connectivity index is 0.00000364. The monoisotopic (exact) mass is 407 g/mol. The molecule has 0 aliphatic heterocycles. The maximum absolute atomic E-state index is 12.4. The third-order valence-electron chi connectivity index (χ3n) is 4.06. The molecule has 0 aromatic heterocycles. The third-order valence-corrected chi connectivity index (χ3v) is 4.71. The van der Waals surface area contributed by atoms with E-state index in [0.717, 1.165) is 17.0 Å². The third kappa shape index (κ3) is 7.25. The van der Waals surface area contributed by atoms with Gasteiger partial charge in [-0.2, -0.15) is 11.8 Å². The van der Waals surface area contributed by atoms with Crippen molar-refractivity contribution < 1.29 is 9.59 Å². The highest BCUT2D eigenvalue weighted by Gasteiger charge is 2.14. The zero-order valence-electron chi connectivity index (χ0n) is 15.6. The topological polar surface area (TPSA) is 75.4 Å². The summed E-state index contributed by atoms with van der Waals surface area (Å²) in [6.45, 7) is 0. The fourth-order valence-electron chi connectivity index (χ4n) is 2.41. The van der Waals surface area contributed by atoms with E-state index < -0.39 is 6.04 Å². The van der Waals surface area contributed by atoms with Gasteiger partial charge in [0.15, 0.2) is 0 Å². The Labute approximate surface area is 171 Å². The maximum Gasteiger partial charge on any atom is 0.241 e. The lowest BCUT2D eigenvalue weighted by molar-refractivity contribution is -0.118. The summed E-state index contributed by atoms with van der Waals surface area (Å²) in [4.78, 5) is 26.1. The standard InChI is InChI=1S/C20H25N3O2S.ClH/c1-23(17-6-4-3-5-7-17)19(24)14-15-8-10-16(11-9-15)22-20(25)18(21)12-13-26-2;/h3-11,18H,12-14,21H2,1-2H3,(H,22,25);1H/t18-;/m0./s1. The molecule has 2 amide bonds. The minimum atomic E-state index is -0.511. The second-order valence-electron chi connectivity index (χ2n) is 6.04. The van der Waals surface area contributed by atoms with Crippen LogP contribution < -0.4 is 16.0 Å². The number of amides is 2. The van der Waals surface area contributed by atoms with Gasteiger partial charge in [0, 0.05) is 18.4 Å². The van der Waals surface area contributed by atoms with Crippen LogP contribution in [0.4, 0.5) is 11.4 Å². The van der Waals surface area contributed by atoms with Crippen LogP contribution in [0.3, 0.4) is 0 Å². The number of halogens is 1. The molecule has 0 saturated heterocycles. The summed E-state index contributed by atoms with van der Waals surface area (Å²) < 4.78 is 0. The first-order valence-electron chi connectivity index (χ1n) is 8.47. The number of nitrogens with two attached hydrogens (primary N) is 1. The Hall–Kier alpha value is -2.02. The molecule has 0 aliphatic rings. The first kappa shape index (κ1) is 23.0. The van der Waals surface area contributed by atoms with Gasteiger partial charge in [-0.3, -0.25) is 9.59 Å². The second-order valence-corrected chi connectivity index (χ2v) is 7.02. The lowest BCUT2D eigenvalue weighted by Crippen LogP contribution is -2.36. The van der Waals surface area contributed by atoms with Crippen molar-refractivity contribution in [1.82, 2.24) is 0 Å². The predicted molar refractivity (Wildman–Crippen MR) is 117 cm³/mol. The molecule has 1 atom stereocenters. The average Bonchev–Trinajstić information content (AvgIpc) is 2.67. The van der Waals surface area contributed by atoms with Crippen molar-refractivity contribution in [3.8, 4) is 0 Å². The van der Waals surface area contributed by atoms with E-state index in [2.05, 4.69) is 5.32 Å². The van der Waals surface area contributed by atoms with Crippen molar-refractivity contribution in [2.45, 2.75) is 18.9 Å². The number of para-hydroxylation sites is 1. The van der Waals surface area contributed by atoms with Crippen LogP contribution in [0.2, 0.25) is 0 Å². The van der Waals surface area contributed by atoms with Gasteiger partial charge in [0.1, 0.15) is 0 Å². The van der Waals surface area contributed by atoms with Crippen molar-refractivity contribution in [3.63, 3.8) is 0 Å². The normalized spacial score (nSPS) is 11.2. The highest BCUT2D eigenvalue weighted by molar-refractivity contribution is 7.98. The van der Waals surface area contributed by atoms with Crippen molar-refractivity contribution in [2.24, 2.45) is 5.73 Å². The maximum atomic E-state index is 12.4. The van der Waals surface area contributed by atoms with Crippen molar-refractivity contribution in [2.75, 3.05) is 29.3 Å². The van der Waals surface area contributed by atoms with E-state index in [-0.39, 0.29) is 24.2 Å². The second kappa shape index (κ2) is 11.6. The SMILES string of the molecule is CSCC[C@H](N)C(=O)Nc1ccc(CC(=O)N(C)c2ccccc2)cc1.Cl. The van der Waals surface area contributed by atoms with Gasteiger partial charge in [-0.25, -0.2) is 0 Å². The van der Waals surface area contributed by atoms with Gasteiger partial charge in [-0.05, 0) is 48.3 Å². The molecule has 0 aliphatic carbocycles. The van der Waals surface area contributed by atoms with Crippen LogP contribution in [0.25, 0.3) is 0 Å². The lowest BCUT2D eigenvalue weighted by Gasteiger charge is -2.17. The van der Waals surface area contributed by atoms with Crippen LogP contribution in [0.5, 0.6) is 0 Å². The Morgan fingerprint density at radius 2 is 1.74 bits per heavy atom. The summed E-state index contributed by atoms with van der Waals surface area (Å²) >= 11 is 1.67. The summed E-state index contributed by atoms with van der Waals surface area (Å²) in [5.41, 5.74) is 8.30. The quantitative estimate of drug-likeness (QED) is 0.703. The Morgan fingerprint density at radius 3 is 2.33 bits per heavy atom. The van der Waals surface area contributed by atoms with Gasteiger partial charge in [0.2, 0.25) is 11.8 Å². The number of nitrogens with one attached hydrogen (secondary N) is 1. The molecular formula is C20H26ClN3O2S. The number of likely N-dealkylation sites (N-methyl/N-ethyl adjacent to an activating group) is 1. The van der Waals surface area contributed by atoms with Crippen LogP contribution in [-0.2, 0) is 16.0 Å². The van der Waals surface area contributed by atoms with Crippen LogP contribution in [-0.4, -0.2) is 36.9 Å². The van der Waals surface area contributed by atoms with Crippen LogP contribution in [0, 0.1) is 0 Å². The van der Waals surface area contributed by atoms with Crippen LogP contribution in [0.15, 0.2) is 54.6 Å². The smallest absolute Gasteiger partial charge is 0.241 e. The van der Waals surface area contributed by atoms with Crippen molar-refractivity contribution in [1.29, 1.82) is 0 Å². The molecule has 27 heavy (non-hydrogen) atoms. The molecule has 2 aromatic carbocycles. The first-order valence-corrected chi connectivity index (χ1v) is 9.86. The minimum Gasteiger partial charge on any atom is -0.325 e. The number of benzene rings is 2. The van der Waals surface area contributed by atoms with E-state index in [1.807, 2.05) is 48.7 Å². The molecular weight excluding hydrogens is 382 g/mol. The number of anilines is 2. The average molecular weight is 408 g/mol. The van der Waals surface area contributed by atoms with Gasteiger partial charge in [-0.15, -0.1) is 12.4 Å². The lowest BCUT2D eigenvalue weighted by atomic mass is 10.1. The molecule has 3 N–H and O–H groups in total. The van der Waals surface area contributed by atoms with E-state index in [0.29, 0.717) is 18.5 Å². The fourth-order valence-corrected chi connectivity index (χ4v) is 2.90. The van der Waals surface area contributed by atoms with Gasteiger partial charge >= 0.3 is 0 Å². The van der Waals surface area contributed by atoms with E-state index >= 15 is 0 Å². The van der Waals surface area contributed by atoms with E-state index in [1.54, 1.807) is 35.8 Å². The zero-order chi connectivity index (χ0) is 18.9. The molecule has 5 nitrogen and oxygen atoms in total. The summed E-state index contributed by atoms with van der Waals surface area (Å²) in [6.07, 6.45) is 2.93. The van der Waals surface area contributed by atoms with Crippen LogP contribution >= 0.6 is 24.2 Å². The molecule has 146 valence electrons. The molecule has 7 heteroatoms. The summed E-state index contributed by atoms with van der Waals surface area (Å²) in [7, 11) is 1.77. The number of thioether (sulfide) groups is 1. The fraction of sp³-hybridized carbons (Fsp3) is 0.300. The van der Waals surface area contributed by atoms with Crippen molar-refractivity contribution in [3.05, 3.63) is 60.2 Å². The highest BCUT2D eigenvalue weighted by Crippen LogP contribution is 2.15. The van der Waals surface area contributed by atoms with Gasteiger partial charge in [0.05, 0.1) is 12.5 Å². The Morgan fingerprint density at radius 1 is 1.11 bits per heavy atom. The number of rotatable bonds is 8. The number of nitrogens with zero attached hydrogens (tertiary/aromatic N) is 1. The minimum absolute atomic E-state index is 0. The highest BCUT2D eigenvalue weighted by atomic mass is 35.5. The van der Waals surface area contributed by atoms with Crippen molar-refractivity contribution >= 4 is 47.4 Å². The molecule has 0 spiro atoms. The van der Waals surface area contributed by atoms with Gasteiger partial charge < -0.3 is 16.0 Å². The zero-order valence-corrected chi connectivity index (χ0v) is 17.2. The Bertz CT molecular complexity index is 726. The van der Waals surface area contributed by atoms with Crippen LogP contribution in [0.1, 0.15) is 12.0 Å². The molecule has 0 unspecified atom stereocenters. The molecule has 0 fully saturated rings. The predicted octanol–water partition coefficient (Wildman–Crippen LogP) is 3.33. The summed E-state index contributed by atoms with van der Waals surface area (Å²) in [6, 6.07) is 16.3. The van der Waals surface area contributed by atoms with E-state index in [9.17, 15) is 9.59 Å². The molecule has 2 rings (SSSR count). The molecule has 0 radical (unpaired) electrons. The number of hydrogen-bond acceptors (Lipinski definition) is 4. The first-order chi connectivity index (χ1) is 12.5. The Kier molecular flexibility index (Phi) is 9.93. The van der Waals surface area contributed by atoms with Gasteiger partial charge in [-0.1, -0.05) is 30.3 Å². The van der Waals surface area contributed by atoms with E-state index in [4.69, 9.17) is 5.73 Å². The van der Waals surface area contributed by atoms with E-state index in [1.165, 1.54) is 0 Å². The number of carbonyl (C=O) groups is 2. The summed E-state index contributed by atoms with van der Waals surface area (Å²) in [5, 5.41) is 2.81.